The Morgan fingerprint density at radius 2 is 2.04 bits per heavy atom. The Labute approximate surface area is 161 Å². The zero-order valence-corrected chi connectivity index (χ0v) is 16.8. The monoisotopic (exact) mass is 380 g/mol. The van der Waals surface area contributed by atoms with E-state index < -0.39 is 12.1 Å². The standard InChI is InChI=1S/C21H32O4S/c1-3-4-7-10-17(22)14-13-16-15-19(26-2)21(25)18(16)11-8-5-6-9-12-20(23)24/h11,13-17,22H,3-10,12H2,1-2H3,(H,23,24). The number of carbonyl (C=O) groups is 2. The van der Waals surface area contributed by atoms with Crippen LogP contribution in [0.2, 0.25) is 0 Å². The van der Waals surface area contributed by atoms with Crippen molar-refractivity contribution in [1.29, 1.82) is 0 Å². The molecule has 26 heavy (non-hydrogen) atoms. The molecule has 146 valence electrons. The molecule has 2 atom stereocenters. The van der Waals surface area contributed by atoms with Gasteiger partial charge in [-0.25, -0.2) is 0 Å². The van der Waals surface area contributed by atoms with Crippen LogP contribution in [0.25, 0.3) is 0 Å². The Hall–Kier alpha value is -1.33. The lowest BCUT2D eigenvalue weighted by Gasteiger charge is -2.08. The highest BCUT2D eigenvalue weighted by Gasteiger charge is 2.27. The second kappa shape index (κ2) is 12.9. The van der Waals surface area contributed by atoms with Crippen LogP contribution >= 0.6 is 11.8 Å². The molecule has 0 spiro atoms. The first kappa shape index (κ1) is 22.7. The summed E-state index contributed by atoms with van der Waals surface area (Å²) in [5, 5.41) is 18.7. The number of carboxylic acid groups (broad SMARTS) is 1. The van der Waals surface area contributed by atoms with Crippen molar-refractivity contribution in [3.8, 4) is 0 Å². The number of ketones is 1. The maximum absolute atomic E-state index is 12.5. The molecule has 0 heterocycles. The molecule has 2 unspecified atom stereocenters. The fourth-order valence-electron chi connectivity index (χ4n) is 2.97. The number of Topliss-reactive ketones (excluding diaryl/α,β-unsaturated/α-hetero) is 1. The molecule has 1 rings (SSSR count). The van der Waals surface area contributed by atoms with E-state index in [1.54, 1.807) is 0 Å². The third kappa shape index (κ3) is 8.37. The predicted molar refractivity (Wildman–Crippen MR) is 108 cm³/mol. The molecule has 0 aromatic heterocycles. The zero-order chi connectivity index (χ0) is 19.4. The second-order valence-corrected chi connectivity index (χ2v) is 7.54. The Morgan fingerprint density at radius 3 is 2.69 bits per heavy atom. The van der Waals surface area contributed by atoms with Gasteiger partial charge < -0.3 is 10.2 Å². The summed E-state index contributed by atoms with van der Waals surface area (Å²) >= 11 is 1.46. The van der Waals surface area contributed by atoms with Crippen molar-refractivity contribution in [1.82, 2.24) is 0 Å². The van der Waals surface area contributed by atoms with E-state index in [-0.39, 0.29) is 18.1 Å². The first-order chi connectivity index (χ1) is 12.5. The summed E-state index contributed by atoms with van der Waals surface area (Å²) in [6.45, 7) is 2.14. The smallest absolute Gasteiger partial charge is 0.303 e. The Bertz CT molecular complexity index is 548. The van der Waals surface area contributed by atoms with E-state index in [1.807, 2.05) is 30.6 Å². The average molecular weight is 381 g/mol. The number of aliphatic hydroxyl groups excluding tert-OH is 1. The molecule has 0 saturated carbocycles. The minimum absolute atomic E-state index is 0.0650. The lowest BCUT2D eigenvalue weighted by atomic mass is 9.98. The number of aliphatic hydroxyl groups is 1. The van der Waals surface area contributed by atoms with Gasteiger partial charge in [0.1, 0.15) is 0 Å². The van der Waals surface area contributed by atoms with E-state index in [1.165, 1.54) is 11.8 Å². The van der Waals surface area contributed by atoms with E-state index in [0.717, 1.165) is 55.4 Å². The number of carboxylic acids is 1. The number of carbonyl (C=O) groups excluding carboxylic acids is 1. The number of rotatable bonds is 13. The highest BCUT2D eigenvalue weighted by molar-refractivity contribution is 8.03. The van der Waals surface area contributed by atoms with Gasteiger partial charge in [0.05, 0.1) is 11.0 Å². The molecule has 2 N–H and O–H groups in total. The van der Waals surface area contributed by atoms with Crippen molar-refractivity contribution in [2.45, 2.75) is 70.8 Å². The number of hydrogen-bond acceptors (Lipinski definition) is 4. The highest BCUT2D eigenvalue weighted by Crippen LogP contribution is 2.33. The lowest BCUT2D eigenvalue weighted by Crippen LogP contribution is -2.05. The molecule has 0 aliphatic heterocycles. The number of thioether (sulfide) groups is 1. The fourth-order valence-corrected chi connectivity index (χ4v) is 3.56. The third-order valence-electron chi connectivity index (χ3n) is 4.50. The molecule has 4 nitrogen and oxygen atoms in total. The number of unbranched alkanes of at least 4 members (excludes halogenated alkanes) is 5. The third-order valence-corrected chi connectivity index (χ3v) is 5.26. The molecule has 0 radical (unpaired) electrons. The van der Waals surface area contributed by atoms with Gasteiger partial charge in [-0.3, -0.25) is 9.59 Å². The number of hydrogen-bond donors (Lipinski definition) is 2. The number of allylic oxidation sites excluding steroid dienone is 5. The van der Waals surface area contributed by atoms with Gasteiger partial charge in [0, 0.05) is 17.9 Å². The van der Waals surface area contributed by atoms with E-state index in [2.05, 4.69) is 6.92 Å². The second-order valence-electron chi connectivity index (χ2n) is 6.69. The molecule has 1 aliphatic rings. The molecule has 0 saturated heterocycles. The van der Waals surface area contributed by atoms with Crippen LogP contribution in [0.5, 0.6) is 0 Å². The SMILES string of the molecule is CCCCCC(O)C=CC1C=C(SC)C(=O)C1=CCCCCCC(=O)O. The molecule has 0 aromatic carbocycles. The summed E-state index contributed by atoms with van der Waals surface area (Å²) in [6, 6.07) is 0. The van der Waals surface area contributed by atoms with Gasteiger partial charge in [-0.15, -0.1) is 11.8 Å². The summed E-state index contributed by atoms with van der Waals surface area (Å²) in [4.78, 5) is 23.8. The largest absolute Gasteiger partial charge is 0.481 e. The van der Waals surface area contributed by atoms with Gasteiger partial charge in [0.15, 0.2) is 5.78 Å². The van der Waals surface area contributed by atoms with Crippen LogP contribution in [0.4, 0.5) is 0 Å². The van der Waals surface area contributed by atoms with Gasteiger partial charge in [0.2, 0.25) is 0 Å². The first-order valence-electron chi connectivity index (χ1n) is 9.58. The summed E-state index contributed by atoms with van der Waals surface area (Å²) in [5.41, 5.74) is 0.782. The quantitative estimate of drug-likeness (QED) is 0.270. The minimum Gasteiger partial charge on any atom is -0.481 e. The van der Waals surface area contributed by atoms with E-state index in [9.17, 15) is 14.7 Å². The summed E-state index contributed by atoms with van der Waals surface area (Å²) in [5.74, 6) is -0.742. The normalized spacial score (nSPS) is 20.1. The Balaban J connectivity index is 2.59. The molecule has 5 heteroatoms. The van der Waals surface area contributed by atoms with Gasteiger partial charge in [-0.05, 0) is 31.9 Å². The summed E-state index contributed by atoms with van der Waals surface area (Å²) < 4.78 is 0. The van der Waals surface area contributed by atoms with Crippen LogP contribution in [0.3, 0.4) is 0 Å². The zero-order valence-electron chi connectivity index (χ0n) is 15.9. The molecule has 0 amide bonds. The minimum atomic E-state index is -0.758. The van der Waals surface area contributed by atoms with Crippen LogP contribution in [-0.4, -0.2) is 34.3 Å². The maximum atomic E-state index is 12.5. The van der Waals surface area contributed by atoms with Crippen molar-refractivity contribution < 1.29 is 19.8 Å². The fraction of sp³-hybridized carbons (Fsp3) is 0.619. The predicted octanol–water partition coefficient (Wildman–Crippen LogP) is 4.89. The average Bonchev–Trinajstić information content (AvgIpc) is 2.91. The number of aliphatic carboxylic acids is 1. The molecule has 1 aliphatic carbocycles. The van der Waals surface area contributed by atoms with Crippen LogP contribution in [0.1, 0.15) is 64.7 Å². The Kier molecular flexibility index (Phi) is 11.3. The summed E-state index contributed by atoms with van der Waals surface area (Å²) in [6.07, 6.45) is 16.6. The van der Waals surface area contributed by atoms with E-state index in [4.69, 9.17) is 5.11 Å². The van der Waals surface area contributed by atoms with Crippen molar-refractivity contribution in [3.63, 3.8) is 0 Å². The van der Waals surface area contributed by atoms with Crippen molar-refractivity contribution in [2.24, 2.45) is 5.92 Å². The molecular formula is C21H32O4S. The summed E-state index contributed by atoms with van der Waals surface area (Å²) in [7, 11) is 0. The van der Waals surface area contributed by atoms with Crippen LogP contribution in [0.15, 0.2) is 34.8 Å². The first-order valence-corrected chi connectivity index (χ1v) is 10.8. The topological polar surface area (TPSA) is 74.6 Å². The highest BCUT2D eigenvalue weighted by atomic mass is 32.2. The van der Waals surface area contributed by atoms with Crippen molar-refractivity contribution in [2.75, 3.05) is 6.26 Å². The maximum Gasteiger partial charge on any atom is 0.303 e. The van der Waals surface area contributed by atoms with Gasteiger partial charge in [-0.2, -0.15) is 0 Å². The van der Waals surface area contributed by atoms with Gasteiger partial charge >= 0.3 is 5.97 Å². The van der Waals surface area contributed by atoms with Gasteiger partial charge in [-0.1, -0.05) is 56.9 Å². The Morgan fingerprint density at radius 1 is 1.27 bits per heavy atom. The molecule has 0 aromatic rings. The van der Waals surface area contributed by atoms with Crippen molar-refractivity contribution in [3.05, 3.63) is 34.8 Å². The van der Waals surface area contributed by atoms with Crippen molar-refractivity contribution >= 4 is 23.5 Å². The van der Waals surface area contributed by atoms with Crippen LogP contribution < -0.4 is 0 Å². The molecular weight excluding hydrogens is 348 g/mol. The molecule has 0 fully saturated rings. The molecule has 0 bridgehead atoms. The van der Waals surface area contributed by atoms with Crippen LogP contribution in [-0.2, 0) is 9.59 Å². The van der Waals surface area contributed by atoms with E-state index >= 15 is 0 Å². The van der Waals surface area contributed by atoms with Gasteiger partial charge in [0.25, 0.3) is 0 Å². The lowest BCUT2D eigenvalue weighted by molar-refractivity contribution is -0.137. The van der Waals surface area contributed by atoms with E-state index in [0.29, 0.717) is 6.42 Å². The van der Waals surface area contributed by atoms with Crippen LogP contribution in [0, 0.1) is 5.92 Å².